The number of hydrogen-bond acceptors (Lipinski definition) is 7. The first-order valence-electron chi connectivity index (χ1n) is 5.83. The number of benzene rings is 1. The third kappa shape index (κ3) is 3.74. The molecule has 9 nitrogen and oxygen atoms in total. The summed E-state index contributed by atoms with van der Waals surface area (Å²) in [5.41, 5.74) is -2.22. The zero-order chi connectivity index (χ0) is 17.0. The van der Waals surface area contributed by atoms with E-state index >= 15 is 0 Å². The van der Waals surface area contributed by atoms with Gasteiger partial charge in [-0.05, 0) is 6.07 Å². The van der Waals surface area contributed by atoms with E-state index in [-0.39, 0.29) is 0 Å². The van der Waals surface area contributed by atoms with Crippen molar-refractivity contribution in [3.8, 4) is 0 Å². The molecule has 3 N–H and O–H groups in total. The smallest absolute Gasteiger partial charge is 0.344 e. The van der Waals surface area contributed by atoms with Crippen molar-refractivity contribution in [1.29, 1.82) is 0 Å². The Labute approximate surface area is 122 Å². The number of carboxylic acid groups (broad SMARTS) is 1. The van der Waals surface area contributed by atoms with Crippen LogP contribution in [-0.4, -0.2) is 45.4 Å². The number of rotatable bonds is 6. The molecule has 0 aromatic heterocycles. The Morgan fingerprint density at radius 1 is 1.41 bits per heavy atom. The lowest BCUT2D eigenvalue weighted by atomic mass is 9.99. The van der Waals surface area contributed by atoms with E-state index in [1.807, 2.05) is 0 Å². The average Bonchev–Trinajstić information content (AvgIpc) is 2.44. The second-order valence-corrected chi connectivity index (χ2v) is 4.25. The van der Waals surface area contributed by atoms with Crippen LogP contribution in [0, 0.1) is 15.9 Å². The van der Waals surface area contributed by atoms with Gasteiger partial charge in [-0.1, -0.05) is 0 Å². The normalized spacial score (nSPS) is 13.3. The van der Waals surface area contributed by atoms with Gasteiger partial charge in [0.25, 0.3) is 5.69 Å². The van der Waals surface area contributed by atoms with Crippen molar-refractivity contribution in [3.05, 3.63) is 39.2 Å². The number of carboxylic acids is 1. The fraction of sp³-hybridized carbons (Fsp3) is 0.333. The first kappa shape index (κ1) is 17.5. The average molecular weight is 317 g/mol. The lowest BCUT2D eigenvalue weighted by molar-refractivity contribution is -0.385. The van der Waals surface area contributed by atoms with Crippen molar-refractivity contribution in [2.75, 3.05) is 7.11 Å². The maximum atomic E-state index is 13.9. The molecule has 0 amide bonds. The first-order chi connectivity index (χ1) is 10.2. The van der Waals surface area contributed by atoms with Crippen molar-refractivity contribution in [2.24, 2.45) is 0 Å². The van der Waals surface area contributed by atoms with E-state index in [9.17, 15) is 34.3 Å². The topological polar surface area (TPSA) is 147 Å². The SMILES string of the molecule is COC(=O)c1cc(F)c(C(O)C(O)CC(=O)O)cc1[N+](=O)[O-]. The summed E-state index contributed by atoms with van der Waals surface area (Å²) in [5.74, 6) is -3.83. The Bertz CT molecular complexity index is 617. The zero-order valence-corrected chi connectivity index (χ0v) is 11.2. The summed E-state index contributed by atoms with van der Waals surface area (Å²) in [6, 6.07) is 1.04. The third-order valence-electron chi connectivity index (χ3n) is 2.78. The van der Waals surface area contributed by atoms with Crippen molar-refractivity contribution >= 4 is 17.6 Å². The second kappa shape index (κ2) is 6.91. The van der Waals surface area contributed by atoms with Crippen LogP contribution in [0.5, 0.6) is 0 Å². The molecule has 1 aromatic carbocycles. The lowest BCUT2D eigenvalue weighted by Crippen LogP contribution is -2.23. The van der Waals surface area contributed by atoms with Crippen molar-refractivity contribution < 1.29 is 39.0 Å². The number of hydrogen-bond donors (Lipinski definition) is 3. The van der Waals surface area contributed by atoms with E-state index in [1.165, 1.54) is 0 Å². The van der Waals surface area contributed by atoms with Crippen molar-refractivity contribution in [1.82, 2.24) is 0 Å². The zero-order valence-electron chi connectivity index (χ0n) is 11.2. The van der Waals surface area contributed by atoms with Gasteiger partial charge >= 0.3 is 11.9 Å². The van der Waals surface area contributed by atoms with Crippen LogP contribution in [0.25, 0.3) is 0 Å². The number of carbonyl (C=O) groups is 2. The number of nitro benzene ring substituents is 1. The molecule has 0 heterocycles. The lowest BCUT2D eigenvalue weighted by Gasteiger charge is -2.17. The minimum atomic E-state index is -2.01. The predicted octanol–water partition coefficient (Wildman–Crippen LogP) is 0.389. The Kier molecular flexibility index (Phi) is 5.49. The third-order valence-corrected chi connectivity index (χ3v) is 2.78. The highest BCUT2D eigenvalue weighted by atomic mass is 19.1. The van der Waals surface area contributed by atoms with Gasteiger partial charge in [0, 0.05) is 11.6 Å². The number of carbonyl (C=O) groups excluding carboxylic acids is 1. The number of halogens is 1. The standard InChI is InChI=1S/C12H12FNO8/c1-22-12(19)6-2-7(13)5(3-8(6)14(20)21)11(18)9(15)4-10(16)17/h2-3,9,11,15,18H,4H2,1H3,(H,16,17). The number of esters is 1. The van der Waals surface area contributed by atoms with E-state index in [4.69, 9.17) is 5.11 Å². The molecule has 22 heavy (non-hydrogen) atoms. The number of nitro groups is 1. The fourth-order valence-corrected chi connectivity index (χ4v) is 1.73. The molecule has 1 rings (SSSR count). The summed E-state index contributed by atoms with van der Waals surface area (Å²) in [6.07, 6.45) is -4.79. The number of aliphatic carboxylic acids is 1. The van der Waals surface area contributed by atoms with Crippen LogP contribution in [0.3, 0.4) is 0 Å². The van der Waals surface area contributed by atoms with Crippen LogP contribution in [0.1, 0.15) is 28.4 Å². The Balaban J connectivity index is 3.33. The van der Waals surface area contributed by atoms with Gasteiger partial charge in [-0.25, -0.2) is 9.18 Å². The monoisotopic (exact) mass is 317 g/mol. The van der Waals surface area contributed by atoms with E-state index in [0.717, 1.165) is 7.11 Å². The van der Waals surface area contributed by atoms with E-state index in [0.29, 0.717) is 12.1 Å². The van der Waals surface area contributed by atoms with Crippen LogP contribution in [0.2, 0.25) is 0 Å². The number of methoxy groups -OCH3 is 1. The molecule has 0 saturated heterocycles. The molecule has 0 spiro atoms. The van der Waals surface area contributed by atoms with Gasteiger partial charge in [0.05, 0.1) is 24.6 Å². The maximum absolute atomic E-state index is 13.9. The van der Waals surface area contributed by atoms with Gasteiger partial charge in [-0.2, -0.15) is 0 Å². The molecule has 2 unspecified atom stereocenters. The molecule has 0 aliphatic heterocycles. The highest BCUT2D eigenvalue weighted by molar-refractivity contribution is 5.94. The Hall–Kier alpha value is -2.59. The first-order valence-corrected chi connectivity index (χ1v) is 5.83. The molecule has 1 aromatic rings. The van der Waals surface area contributed by atoms with Crippen LogP contribution < -0.4 is 0 Å². The fourth-order valence-electron chi connectivity index (χ4n) is 1.73. The Morgan fingerprint density at radius 2 is 2.00 bits per heavy atom. The van der Waals surface area contributed by atoms with Gasteiger partial charge in [0.2, 0.25) is 0 Å². The van der Waals surface area contributed by atoms with Crippen molar-refractivity contribution in [3.63, 3.8) is 0 Å². The number of ether oxygens (including phenoxy) is 1. The van der Waals surface area contributed by atoms with E-state index in [1.54, 1.807) is 0 Å². The summed E-state index contributed by atoms with van der Waals surface area (Å²) in [5, 5.41) is 38.6. The molecule has 0 aliphatic rings. The van der Waals surface area contributed by atoms with Crippen LogP contribution >= 0.6 is 0 Å². The van der Waals surface area contributed by atoms with Gasteiger partial charge < -0.3 is 20.1 Å². The highest BCUT2D eigenvalue weighted by Gasteiger charge is 2.30. The maximum Gasteiger partial charge on any atom is 0.344 e. The van der Waals surface area contributed by atoms with Gasteiger partial charge in [-0.15, -0.1) is 0 Å². The summed E-state index contributed by atoms with van der Waals surface area (Å²) in [6.45, 7) is 0. The molecule has 0 aliphatic carbocycles. The molecule has 120 valence electrons. The summed E-state index contributed by atoms with van der Waals surface area (Å²) in [4.78, 5) is 31.7. The quantitative estimate of drug-likeness (QED) is 0.388. The summed E-state index contributed by atoms with van der Waals surface area (Å²) in [7, 11) is 0.948. The van der Waals surface area contributed by atoms with Gasteiger partial charge in [0.1, 0.15) is 17.5 Å². The predicted molar refractivity (Wildman–Crippen MR) is 67.6 cm³/mol. The molecular weight excluding hydrogens is 305 g/mol. The second-order valence-electron chi connectivity index (χ2n) is 4.25. The van der Waals surface area contributed by atoms with Crippen molar-refractivity contribution in [2.45, 2.75) is 18.6 Å². The largest absolute Gasteiger partial charge is 0.481 e. The molecule has 0 fully saturated rings. The minimum Gasteiger partial charge on any atom is -0.481 e. The van der Waals surface area contributed by atoms with Crippen LogP contribution in [-0.2, 0) is 9.53 Å². The van der Waals surface area contributed by atoms with Gasteiger partial charge in [0.15, 0.2) is 0 Å². The molecular formula is C12H12FNO8. The van der Waals surface area contributed by atoms with Crippen LogP contribution in [0.15, 0.2) is 12.1 Å². The summed E-state index contributed by atoms with van der Waals surface area (Å²) >= 11 is 0. The molecule has 10 heteroatoms. The molecule has 0 saturated carbocycles. The Morgan fingerprint density at radius 3 is 2.45 bits per heavy atom. The number of aliphatic hydroxyl groups is 2. The minimum absolute atomic E-state index is 0.482. The van der Waals surface area contributed by atoms with E-state index < -0.39 is 58.1 Å². The summed E-state index contributed by atoms with van der Waals surface area (Å²) < 4.78 is 18.2. The number of nitrogens with zero attached hydrogens (tertiary/aromatic N) is 1. The molecule has 0 radical (unpaired) electrons. The van der Waals surface area contributed by atoms with Gasteiger partial charge in [-0.3, -0.25) is 14.9 Å². The molecule has 0 bridgehead atoms. The van der Waals surface area contributed by atoms with E-state index in [2.05, 4.69) is 4.74 Å². The van der Waals surface area contributed by atoms with Crippen LogP contribution in [0.4, 0.5) is 10.1 Å². The highest BCUT2D eigenvalue weighted by Crippen LogP contribution is 2.29. The number of aliphatic hydroxyl groups excluding tert-OH is 2. The molecule has 2 atom stereocenters.